The van der Waals surface area contributed by atoms with Gasteiger partial charge in [0.1, 0.15) is 0 Å². The fraction of sp³-hybridized carbons (Fsp3) is 0.857. The number of hydrogen-bond donors (Lipinski definition) is 0. The summed E-state index contributed by atoms with van der Waals surface area (Å²) < 4.78 is 4.99. The summed E-state index contributed by atoms with van der Waals surface area (Å²) in [6.07, 6.45) is 2.18. The third-order valence-electron chi connectivity index (χ3n) is 2.68. The molecule has 0 unspecified atom stereocenters. The van der Waals surface area contributed by atoms with E-state index in [2.05, 4.69) is 6.07 Å². The minimum absolute atomic E-state index is 0.0863. The number of nitriles is 1. The van der Waals surface area contributed by atoms with Crippen LogP contribution in [0.3, 0.4) is 0 Å². The Labute approximate surface area is 54.4 Å². The number of rotatable bonds is 2. The number of ether oxygens (including phenoxy) is 1. The minimum atomic E-state index is 0.0863. The molecule has 0 heterocycles. The molecule has 0 bridgehead atoms. The molecule has 2 heteroatoms. The van der Waals surface area contributed by atoms with Gasteiger partial charge in [0.15, 0.2) is 0 Å². The Bertz CT molecular complexity index is 186. The van der Waals surface area contributed by atoms with E-state index in [4.69, 9.17) is 10.00 Å². The smallest absolute Gasteiger partial charge is 0.0697 e. The lowest BCUT2D eigenvalue weighted by Gasteiger charge is -1.95. The van der Waals surface area contributed by atoms with Crippen LogP contribution in [0, 0.1) is 22.2 Å². The average Bonchev–Trinajstić information content (AvgIpc) is 2.53. The van der Waals surface area contributed by atoms with E-state index in [9.17, 15) is 0 Å². The second-order valence-electron chi connectivity index (χ2n) is 3.26. The van der Waals surface area contributed by atoms with E-state index >= 15 is 0 Å². The van der Waals surface area contributed by atoms with Crippen molar-refractivity contribution < 1.29 is 4.74 Å². The van der Waals surface area contributed by atoms with Gasteiger partial charge in [-0.15, -0.1) is 0 Å². The highest BCUT2D eigenvalue weighted by molar-refractivity contribution is 5.39. The molecule has 0 amide bonds. The molecule has 0 radical (unpaired) electrons. The van der Waals surface area contributed by atoms with Crippen LogP contribution < -0.4 is 0 Å². The van der Waals surface area contributed by atoms with Gasteiger partial charge in [0.05, 0.1) is 18.1 Å². The highest BCUT2D eigenvalue weighted by Gasteiger charge is 2.84. The van der Waals surface area contributed by atoms with Gasteiger partial charge in [0.2, 0.25) is 0 Å². The maximum atomic E-state index is 8.59. The molecule has 2 aliphatic carbocycles. The molecule has 0 atom stereocenters. The summed E-state index contributed by atoms with van der Waals surface area (Å²) in [4.78, 5) is 0. The number of fused-ring (bicyclic) bond motifs is 1. The van der Waals surface area contributed by atoms with Gasteiger partial charge in [-0.2, -0.15) is 5.26 Å². The topological polar surface area (TPSA) is 33.0 Å². The number of methoxy groups -OCH3 is 1. The van der Waals surface area contributed by atoms with Crippen molar-refractivity contribution in [2.45, 2.75) is 12.8 Å². The Morgan fingerprint density at radius 1 is 1.67 bits per heavy atom. The third-order valence-corrected chi connectivity index (χ3v) is 2.68. The van der Waals surface area contributed by atoms with Crippen LogP contribution in [0.1, 0.15) is 12.8 Å². The van der Waals surface area contributed by atoms with E-state index in [-0.39, 0.29) is 5.41 Å². The van der Waals surface area contributed by atoms with Crippen LogP contribution in [0.4, 0.5) is 0 Å². The zero-order valence-corrected chi connectivity index (χ0v) is 5.48. The van der Waals surface area contributed by atoms with E-state index in [1.165, 1.54) is 0 Å². The van der Waals surface area contributed by atoms with E-state index in [0.717, 1.165) is 19.4 Å². The van der Waals surface area contributed by atoms with Crippen molar-refractivity contribution in [3.05, 3.63) is 0 Å². The molecule has 9 heavy (non-hydrogen) atoms. The van der Waals surface area contributed by atoms with E-state index in [1.54, 1.807) is 7.11 Å². The van der Waals surface area contributed by atoms with Crippen LogP contribution >= 0.6 is 0 Å². The lowest BCUT2D eigenvalue weighted by molar-refractivity contribution is 0.165. The summed E-state index contributed by atoms with van der Waals surface area (Å²) in [6.45, 7) is 0.792. The molecular formula is C7H9NO. The van der Waals surface area contributed by atoms with Gasteiger partial charge >= 0.3 is 0 Å². The molecule has 48 valence electrons. The molecule has 2 nitrogen and oxygen atoms in total. The van der Waals surface area contributed by atoms with Gasteiger partial charge in [-0.25, -0.2) is 0 Å². The van der Waals surface area contributed by atoms with Crippen LogP contribution in [-0.2, 0) is 4.74 Å². The highest BCUT2D eigenvalue weighted by atomic mass is 16.5. The second-order valence-corrected chi connectivity index (χ2v) is 3.26. The van der Waals surface area contributed by atoms with E-state index in [1.807, 2.05) is 0 Å². The Hall–Kier alpha value is -0.550. The van der Waals surface area contributed by atoms with Crippen molar-refractivity contribution in [2.75, 3.05) is 13.7 Å². The zero-order valence-electron chi connectivity index (χ0n) is 5.48. The molecule has 0 aromatic rings. The fourth-order valence-electron chi connectivity index (χ4n) is 1.73. The molecule has 2 fully saturated rings. The molecule has 0 spiro atoms. The number of hydrogen-bond acceptors (Lipinski definition) is 2. The Morgan fingerprint density at radius 3 is 2.67 bits per heavy atom. The Balaban J connectivity index is 2.01. The standard InChI is InChI=1S/C7H9NO/c1-9-5-7-2-6(7,3-7)4-8/h2-3,5H2,1H3. The molecule has 0 aromatic carbocycles. The van der Waals surface area contributed by atoms with Gasteiger partial charge in [0.25, 0.3) is 0 Å². The summed E-state index contributed by atoms with van der Waals surface area (Å²) >= 11 is 0. The number of nitrogens with zero attached hydrogens (tertiary/aromatic N) is 1. The SMILES string of the molecule is COCC12CC1(C#N)C2. The Morgan fingerprint density at radius 2 is 2.33 bits per heavy atom. The maximum absolute atomic E-state index is 8.59. The molecule has 0 aliphatic heterocycles. The van der Waals surface area contributed by atoms with Crippen LogP contribution in [-0.4, -0.2) is 13.7 Å². The molecule has 2 rings (SSSR count). The molecule has 2 aliphatic rings. The van der Waals surface area contributed by atoms with E-state index < -0.39 is 0 Å². The summed E-state index contributed by atoms with van der Waals surface area (Å²) in [5.41, 5.74) is 0.416. The molecule has 0 N–H and O–H groups in total. The summed E-state index contributed by atoms with van der Waals surface area (Å²) in [7, 11) is 1.70. The fourth-order valence-corrected chi connectivity index (χ4v) is 1.73. The van der Waals surface area contributed by atoms with E-state index in [0.29, 0.717) is 5.41 Å². The minimum Gasteiger partial charge on any atom is -0.384 e. The van der Waals surface area contributed by atoms with Gasteiger partial charge < -0.3 is 4.74 Å². The summed E-state index contributed by atoms with van der Waals surface area (Å²) in [5.74, 6) is 0. The zero-order chi connectivity index (χ0) is 6.54. The first-order valence-corrected chi connectivity index (χ1v) is 3.19. The van der Waals surface area contributed by atoms with Crippen molar-refractivity contribution in [2.24, 2.45) is 10.8 Å². The summed E-state index contributed by atoms with van der Waals surface area (Å²) in [5, 5.41) is 8.59. The van der Waals surface area contributed by atoms with Gasteiger partial charge in [-0.3, -0.25) is 0 Å². The molecule has 0 aromatic heterocycles. The normalized spacial score (nSPS) is 51.6. The lowest BCUT2D eigenvalue weighted by Crippen LogP contribution is -1.96. The van der Waals surface area contributed by atoms with Crippen molar-refractivity contribution in [1.82, 2.24) is 0 Å². The van der Waals surface area contributed by atoms with Crippen LogP contribution in [0.2, 0.25) is 0 Å². The molecule has 0 saturated heterocycles. The largest absolute Gasteiger partial charge is 0.384 e. The van der Waals surface area contributed by atoms with Crippen LogP contribution in [0.25, 0.3) is 0 Å². The second kappa shape index (κ2) is 1.15. The third kappa shape index (κ3) is 0.402. The highest BCUT2D eigenvalue weighted by Crippen LogP contribution is 2.85. The van der Waals surface area contributed by atoms with Crippen molar-refractivity contribution in [3.63, 3.8) is 0 Å². The quantitative estimate of drug-likeness (QED) is 0.547. The van der Waals surface area contributed by atoms with Gasteiger partial charge in [-0.05, 0) is 12.8 Å². The lowest BCUT2D eigenvalue weighted by atomic mass is 10.2. The van der Waals surface area contributed by atoms with Gasteiger partial charge in [-0.1, -0.05) is 0 Å². The van der Waals surface area contributed by atoms with Crippen molar-refractivity contribution in [3.8, 4) is 6.07 Å². The van der Waals surface area contributed by atoms with Gasteiger partial charge in [0, 0.05) is 12.5 Å². The first-order chi connectivity index (χ1) is 4.29. The first kappa shape index (κ1) is 5.25. The van der Waals surface area contributed by atoms with Crippen LogP contribution in [0.15, 0.2) is 0 Å². The monoisotopic (exact) mass is 123 g/mol. The molecule has 2 saturated carbocycles. The average molecular weight is 123 g/mol. The molecular weight excluding hydrogens is 114 g/mol. The summed E-state index contributed by atoms with van der Waals surface area (Å²) in [6, 6.07) is 2.34. The predicted octanol–water partition coefficient (Wildman–Crippen LogP) is 0.937. The Kier molecular flexibility index (Phi) is 0.668. The van der Waals surface area contributed by atoms with Crippen molar-refractivity contribution >= 4 is 0 Å². The maximum Gasteiger partial charge on any atom is 0.0697 e. The predicted molar refractivity (Wildman–Crippen MR) is 31.6 cm³/mol. The van der Waals surface area contributed by atoms with Crippen LogP contribution in [0.5, 0.6) is 0 Å². The first-order valence-electron chi connectivity index (χ1n) is 3.19. The van der Waals surface area contributed by atoms with Crippen molar-refractivity contribution in [1.29, 1.82) is 5.26 Å².